The monoisotopic (exact) mass is 576 g/mol. The van der Waals surface area contributed by atoms with E-state index in [1.807, 2.05) is 12.1 Å². The average molecular weight is 577 g/mol. The Balaban J connectivity index is 0.000000230. The molecule has 232 valence electrons. The quantitative estimate of drug-likeness (QED) is 0.303. The van der Waals surface area contributed by atoms with Gasteiger partial charge in [0.1, 0.15) is 0 Å². The highest BCUT2D eigenvalue weighted by Gasteiger charge is 2.29. The minimum Gasteiger partial charge on any atom is -0.324 e. The summed E-state index contributed by atoms with van der Waals surface area (Å²) in [4.78, 5) is 30.1. The number of piperidine rings is 2. The number of likely N-dealkylation sites (tertiary alicyclic amines) is 2. The molecule has 0 aromatic heterocycles. The van der Waals surface area contributed by atoms with Crippen LogP contribution in [0.4, 0.5) is 11.4 Å². The molecule has 2 heterocycles. The van der Waals surface area contributed by atoms with E-state index in [2.05, 4.69) is 86.2 Å². The topological polar surface area (TPSA) is 64.7 Å². The Morgan fingerprint density at radius 2 is 1.00 bits per heavy atom. The lowest BCUT2D eigenvalue weighted by Crippen LogP contribution is -2.47. The third kappa shape index (κ3) is 9.67. The molecule has 2 aliphatic rings. The molecule has 2 amide bonds. The third-order valence-corrected chi connectivity index (χ3v) is 8.89. The number of carbonyl (C=O) groups is 2. The zero-order valence-electron chi connectivity index (χ0n) is 27.2. The number of aryl methyl sites for hydroxylation is 4. The summed E-state index contributed by atoms with van der Waals surface area (Å²) in [6, 6.07) is 12.4. The second kappa shape index (κ2) is 17.4. The van der Waals surface area contributed by atoms with E-state index >= 15 is 0 Å². The van der Waals surface area contributed by atoms with Crippen LogP contribution in [0.2, 0.25) is 0 Å². The lowest BCUT2D eigenvalue weighted by molar-refractivity contribution is -0.123. The zero-order chi connectivity index (χ0) is 30.5. The molecule has 0 bridgehead atoms. The van der Waals surface area contributed by atoms with Crippen molar-refractivity contribution in [2.45, 2.75) is 118 Å². The van der Waals surface area contributed by atoms with Gasteiger partial charge >= 0.3 is 0 Å². The lowest BCUT2D eigenvalue weighted by Gasteiger charge is -2.34. The van der Waals surface area contributed by atoms with Crippen LogP contribution in [0.25, 0.3) is 0 Å². The smallest absolute Gasteiger partial charge is 0.241 e. The van der Waals surface area contributed by atoms with E-state index < -0.39 is 0 Å². The van der Waals surface area contributed by atoms with Gasteiger partial charge in [-0.15, -0.1) is 0 Å². The van der Waals surface area contributed by atoms with Crippen LogP contribution in [0.1, 0.15) is 100 Å². The third-order valence-electron chi connectivity index (χ3n) is 8.89. The zero-order valence-corrected chi connectivity index (χ0v) is 27.2. The molecule has 2 atom stereocenters. The van der Waals surface area contributed by atoms with Crippen LogP contribution in [0.5, 0.6) is 0 Å². The minimum atomic E-state index is 0.0457. The number of para-hydroxylation sites is 2. The molecule has 2 fully saturated rings. The molecular weight excluding hydrogens is 520 g/mol. The molecule has 2 unspecified atom stereocenters. The fourth-order valence-electron chi connectivity index (χ4n) is 6.27. The highest BCUT2D eigenvalue weighted by molar-refractivity contribution is 5.96. The fraction of sp³-hybridized carbons (Fsp3) is 0.611. The molecule has 6 nitrogen and oxygen atoms in total. The number of hydrogen-bond acceptors (Lipinski definition) is 4. The Morgan fingerprint density at radius 1 is 0.643 bits per heavy atom. The second-order valence-electron chi connectivity index (χ2n) is 12.3. The first-order valence-corrected chi connectivity index (χ1v) is 16.5. The largest absolute Gasteiger partial charge is 0.324 e. The number of anilines is 2. The van der Waals surface area contributed by atoms with Gasteiger partial charge in [-0.3, -0.25) is 19.4 Å². The first-order chi connectivity index (χ1) is 20.3. The van der Waals surface area contributed by atoms with Crippen molar-refractivity contribution in [3.05, 3.63) is 58.7 Å². The van der Waals surface area contributed by atoms with Gasteiger partial charge in [0, 0.05) is 11.4 Å². The standard InChI is InChI=1S/2C18H28N2O/c2*1-4-5-12-20-13-7-6-11-16(20)18(21)19-17-14(2)9-8-10-15(17)3/h2*8-10,16H,4-7,11-13H2,1-3H3,(H,19,21). The maximum atomic E-state index is 12.7. The second-order valence-corrected chi connectivity index (χ2v) is 12.3. The SMILES string of the molecule is CCCCN1CCCCC1C(=O)Nc1c(C)cccc1C.CCCCN1CCCCC1C(=O)Nc1c(C)cccc1C. The van der Waals surface area contributed by atoms with Crippen LogP contribution in [0, 0.1) is 27.7 Å². The maximum absolute atomic E-state index is 12.7. The van der Waals surface area contributed by atoms with Gasteiger partial charge in [0.15, 0.2) is 0 Å². The number of unbranched alkanes of at least 4 members (excludes halogenated alkanes) is 2. The molecule has 0 saturated carbocycles. The predicted octanol–water partition coefficient (Wildman–Crippen LogP) is 7.79. The van der Waals surface area contributed by atoms with Crippen LogP contribution >= 0.6 is 0 Å². The molecule has 2 saturated heterocycles. The molecule has 2 aromatic carbocycles. The summed E-state index contributed by atoms with van der Waals surface area (Å²) in [5, 5.41) is 6.35. The van der Waals surface area contributed by atoms with E-state index in [1.165, 1.54) is 38.5 Å². The number of rotatable bonds is 10. The number of hydrogen-bond donors (Lipinski definition) is 2. The Hall–Kier alpha value is -2.70. The van der Waals surface area contributed by atoms with Gasteiger partial charge in [0.05, 0.1) is 12.1 Å². The molecule has 0 aliphatic carbocycles. The van der Waals surface area contributed by atoms with E-state index in [1.54, 1.807) is 0 Å². The molecule has 0 spiro atoms. The highest BCUT2D eigenvalue weighted by Crippen LogP contribution is 2.25. The van der Waals surface area contributed by atoms with Crippen LogP contribution in [0.15, 0.2) is 36.4 Å². The number of carbonyl (C=O) groups excluding carboxylic acids is 2. The van der Waals surface area contributed by atoms with Crippen molar-refractivity contribution in [3.63, 3.8) is 0 Å². The van der Waals surface area contributed by atoms with E-state index in [0.29, 0.717) is 0 Å². The van der Waals surface area contributed by atoms with Gasteiger partial charge in [-0.2, -0.15) is 0 Å². The summed E-state index contributed by atoms with van der Waals surface area (Å²) in [6.45, 7) is 16.8. The van der Waals surface area contributed by atoms with Gasteiger partial charge in [0.2, 0.25) is 11.8 Å². The van der Waals surface area contributed by atoms with Crippen molar-refractivity contribution < 1.29 is 9.59 Å². The fourth-order valence-corrected chi connectivity index (χ4v) is 6.27. The molecule has 6 heteroatoms. The summed E-state index contributed by atoms with van der Waals surface area (Å²) in [5.41, 5.74) is 6.53. The van der Waals surface area contributed by atoms with E-state index in [-0.39, 0.29) is 23.9 Å². The molecule has 4 rings (SSSR count). The van der Waals surface area contributed by atoms with Crippen molar-refractivity contribution in [2.24, 2.45) is 0 Å². The lowest BCUT2D eigenvalue weighted by atomic mass is 10.00. The van der Waals surface area contributed by atoms with Gasteiger partial charge in [-0.25, -0.2) is 0 Å². The van der Waals surface area contributed by atoms with Crippen molar-refractivity contribution >= 4 is 23.2 Å². The maximum Gasteiger partial charge on any atom is 0.241 e. The summed E-state index contributed by atoms with van der Waals surface area (Å²) in [7, 11) is 0. The first kappa shape index (κ1) is 33.8. The Morgan fingerprint density at radius 3 is 1.33 bits per heavy atom. The van der Waals surface area contributed by atoms with E-state index in [4.69, 9.17) is 0 Å². The van der Waals surface area contributed by atoms with Crippen molar-refractivity contribution in [1.29, 1.82) is 0 Å². The normalized spacial score (nSPS) is 19.5. The number of nitrogens with one attached hydrogen (secondary N) is 2. The molecule has 0 radical (unpaired) electrons. The first-order valence-electron chi connectivity index (χ1n) is 16.5. The Kier molecular flexibility index (Phi) is 14.0. The van der Waals surface area contributed by atoms with Crippen molar-refractivity contribution in [3.8, 4) is 0 Å². The summed E-state index contributed by atoms with van der Waals surface area (Å²) in [6.07, 6.45) is 11.4. The van der Waals surface area contributed by atoms with Crippen molar-refractivity contribution in [1.82, 2.24) is 9.80 Å². The van der Waals surface area contributed by atoms with Crippen LogP contribution < -0.4 is 10.6 Å². The molecule has 2 aromatic rings. The predicted molar refractivity (Wildman–Crippen MR) is 177 cm³/mol. The molecule has 2 N–H and O–H groups in total. The van der Waals surface area contributed by atoms with Gasteiger partial charge in [0.25, 0.3) is 0 Å². The van der Waals surface area contributed by atoms with E-state index in [0.717, 1.165) is 85.5 Å². The Labute approximate surface area is 255 Å². The average Bonchev–Trinajstić information content (AvgIpc) is 2.99. The summed E-state index contributed by atoms with van der Waals surface area (Å²) in [5.74, 6) is 0.339. The van der Waals surface area contributed by atoms with Gasteiger partial charge < -0.3 is 10.6 Å². The number of nitrogens with zero attached hydrogens (tertiary/aromatic N) is 2. The van der Waals surface area contributed by atoms with Gasteiger partial charge in [-0.1, -0.05) is 75.9 Å². The Bertz CT molecular complexity index is 1020. The van der Waals surface area contributed by atoms with E-state index in [9.17, 15) is 9.59 Å². The van der Waals surface area contributed by atoms with Crippen LogP contribution in [-0.4, -0.2) is 59.9 Å². The number of amides is 2. The summed E-state index contributed by atoms with van der Waals surface area (Å²) >= 11 is 0. The molecule has 2 aliphatic heterocycles. The highest BCUT2D eigenvalue weighted by atomic mass is 16.2. The molecule has 42 heavy (non-hydrogen) atoms. The van der Waals surface area contributed by atoms with Crippen molar-refractivity contribution in [2.75, 3.05) is 36.8 Å². The van der Waals surface area contributed by atoms with Crippen LogP contribution in [-0.2, 0) is 9.59 Å². The number of benzene rings is 2. The molecular formula is C36H56N4O2. The van der Waals surface area contributed by atoms with Gasteiger partial charge in [-0.05, 0) is 115 Å². The summed E-state index contributed by atoms with van der Waals surface area (Å²) < 4.78 is 0. The minimum absolute atomic E-state index is 0.0457. The van der Waals surface area contributed by atoms with Crippen LogP contribution in [0.3, 0.4) is 0 Å².